The highest BCUT2D eigenvalue weighted by atomic mass is 17.2. The van der Waals surface area contributed by atoms with Crippen molar-refractivity contribution in [3.05, 3.63) is 0 Å². The number of amides is 2. The summed E-state index contributed by atoms with van der Waals surface area (Å²) >= 11 is 0. The van der Waals surface area contributed by atoms with Crippen LogP contribution in [-0.4, -0.2) is 257 Å². The lowest BCUT2D eigenvalue weighted by atomic mass is 10.1. The number of hydrogen-bond donors (Lipinski definition) is 8. The number of aliphatic hydroxyl groups is 3. The Morgan fingerprint density at radius 3 is 0.944 bits per heavy atom. The molecule has 0 radical (unpaired) electrons. The highest BCUT2D eigenvalue weighted by Gasteiger charge is 2.05. The zero-order valence-electron chi connectivity index (χ0n) is 67.0. The van der Waals surface area contributed by atoms with Crippen LogP contribution in [0.1, 0.15) is 411 Å². The SMILES string of the molecule is C.C.C.C.C.C.C.C.C.C.C.C.C.C.C.C.C.C.C.C.C.C.C.C.CCCC(O)CCCCOCC.CCCC(O)COCCOCC.CCCCCC(O)COCC.CCCCOC(=O)NCNCOOCCOCC.CCCCOCC.CCCCOCCOCOCC.CCCNCCOCC.CCCOC(=O)NCNCOOCCOCC.O=C=O. The van der Waals surface area contributed by atoms with Gasteiger partial charge in [0.1, 0.15) is 33.5 Å². The first-order valence-electron chi connectivity index (χ1n) is 38.0. The lowest BCUT2D eigenvalue weighted by Crippen LogP contribution is -2.35. The van der Waals surface area contributed by atoms with Crippen LogP contribution in [0, 0.1) is 0 Å². The lowest BCUT2D eigenvalue weighted by Gasteiger charge is -2.09. The van der Waals surface area contributed by atoms with Gasteiger partial charge in [0.2, 0.25) is 0 Å². The Bertz CT molecular complexity index is 1370. The Morgan fingerprint density at radius 2 is 0.560 bits per heavy atom. The molecule has 8 N–H and O–H groups in total. The fourth-order valence-electron chi connectivity index (χ4n) is 6.46. The largest absolute Gasteiger partial charge is 0.450 e. The molecule has 0 fully saturated rings. The summed E-state index contributed by atoms with van der Waals surface area (Å²) in [4.78, 5) is 57.4. The Balaban J connectivity index is -0.0000000244. The molecule has 0 aliphatic rings. The maximum Gasteiger partial charge on any atom is 0.408 e. The molecule has 29 heteroatoms. The van der Waals surface area contributed by atoms with Gasteiger partial charge in [0, 0.05) is 79.2 Å². The molecule has 3 unspecified atom stereocenters. The van der Waals surface area contributed by atoms with Crippen LogP contribution < -0.4 is 26.6 Å². The molecular formula is C96H255N5O24. The number of unbranched alkanes of at least 4 members (excludes halogenated alkanes) is 6. The Hall–Kier alpha value is -2.92. The Labute approximate surface area is 791 Å². The predicted octanol–water partition coefficient (Wildman–Crippen LogP) is 26.5. The average molecular weight is 1860 g/mol. The molecule has 0 rings (SSSR count). The summed E-state index contributed by atoms with van der Waals surface area (Å²) in [5, 5.41) is 41.7. The van der Waals surface area contributed by atoms with Crippen LogP contribution >= 0.6 is 0 Å². The second-order valence-corrected chi connectivity index (χ2v) is 21.1. The fraction of sp³-hybridized carbons (Fsp3) is 0.969. The van der Waals surface area contributed by atoms with Crippen LogP contribution in [0.3, 0.4) is 0 Å². The fourth-order valence-corrected chi connectivity index (χ4v) is 6.46. The van der Waals surface area contributed by atoms with Crippen molar-refractivity contribution >= 4 is 18.3 Å². The molecule has 0 spiro atoms. The number of aliphatic hydroxyl groups excluding tert-OH is 3. The van der Waals surface area contributed by atoms with Gasteiger partial charge in [-0.2, -0.15) is 9.59 Å². The third kappa shape index (κ3) is 297. The highest BCUT2D eigenvalue weighted by molar-refractivity contribution is 5.67. The van der Waals surface area contributed by atoms with Crippen LogP contribution in [0.2, 0.25) is 0 Å². The lowest BCUT2D eigenvalue weighted by molar-refractivity contribution is -0.303. The first-order chi connectivity index (χ1) is 49.2. The van der Waals surface area contributed by atoms with Gasteiger partial charge in [-0.3, -0.25) is 10.6 Å². The second kappa shape index (κ2) is 241. The standard InChI is InChI=1S/C11H24N2O5.C10H22N2O5.C10H22O2.2C9H20O3.C9H20O2.C7H17NO.C6H14O.CO2.24CH4/c1-3-5-6-16-11(14)13-9-12-10-18-17-8-7-15-4-2;1-3-5-15-10(13)12-8-11-9-17-16-7-6-14-4-2;1-3-7-10(11)8-5-6-9-12-4-2;1-3-5-9(10)8-12-7-6-11-4-2;1-3-5-6-11-7-8-12-9-10-4-2;1-3-5-6-7-9(10)8-11-4-2;1-3-5-8-6-7-9-4-2;1-3-5-6-7-4-2;2-1-3;;;;;;;;;;;;;;;;;;;;;;;;/h12H,3-10H2,1-2H3,(H,13,14);11H,3-9H2,1-2H3,(H,12,13);10-11H,3-9H2,1-2H3;9-10H,3-8H2,1-2H3;3-9H2,1-2H3;9-10H,3-8H2,1-2H3;8H,3-7H2,1-2H3;3-6H2,1-2H3;;24*1H4. The number of nitrogens with one attached hydrogen (secondary N) is 5. The molecule has 0 aliphatic heterocycles. The number of ether oxygens (including phenoxy) is 13. The second-order valence-electron chi connectivity index (χ2n) is 21.1. The molecule has 0 aromatic rings. The van der Waals surface area contributed by atoms with Gasteiger partial charge in [0.05, 0.1) is 104 Å². The van der Waals surface area contributed by atoms with Gasteiger partial charge in [-0.1, -0.05) is 285 Å². The minimum atomic E-state index is -0.448. The van der Waals surface area contributed by atoms with E-state index in [9.17, 15) is 24.9 Å². The maximum absolute atomic E-state index is 11.1. The van der Waals surface area contributed by atoms with E-state index >= 15 is 0 Å². The molecule has 0 saturated carbocycles. The predicted molar refractivity (Wildman–Crippen MR) is 559 cm³/mol. The molecule has 0 saturated heterocycles. The molecule has 2 amide bonds. The Morgan fingerprint density at radius 1 is 0.256 bits per heavy atom. The van der Waals surface area contributed by atoms with Crippen LogP contribution in [0.5, 0.6) is 0 Å². The molecule has 0 aromatic carbocycles. The first kappa shape index (κ1) is 226. The normalized spacial score (nSPS) is 8.92. The van der Waals surface area contributed by atoms with Crippen molar-refractivity contribution in [2.75, 3.05) is 205 Å². The summed E-state index contributed by atoms with van der Waals surface area (Å²) < 4.78 is 65.8. The van der Waals surface area contributed by atoms with E-state index in [2.05, 4.69) is 61.2 Å². The molecule has 808 valence electrons. The van der Waals surface area contributed by atoms with Gasteiger partial charge in [0.25, 0.3) is 0 Å². The smallest absolute Gasteiger partial charge is 0.408 e. The van der Waals surface area contributed by atoms with E-state index in [0.29, 0.717) is 113 Å². The monoisotopic (exact) mass is 1860 g/mol. The van der Waals surface area contributed by atoms with Gasteiger partial charge in [-0.05, 0) is 133 Å². The van der Waals surface area contributed by atoms with Crippen molar-refractivity contribution < 1.29 is 116 Å². The summed E-state index contributed by atoms with van der Waals surface area (Å²) in [5.41, 5.74) is 0. The van der Waals surface area contributed by atoms with E-state index < -0.39 is 12.2 Å². The van der Waals surface area contributed by atoms with Crippen LogP contribution in [0.15, 0.2) is 0 Å². The number of carbonyl (C=O) groups excluding carboxylic acids is 4. The highest BCUT2D eigenvalue weighted by Crippen LogP contribution is 2.07. The molecule has 3 atom stereocenters. The average Bonchev–Trinajstić information content (AvgIpc) is 1.08. The van der Waals surface area contributed by atoms with Crippen LogP contribution in [0.25, 0.3) is 0 Å². The van der Waals surface area contributed by atoms with Crippen molar-refractivity contribution in [3.63, 3.8) is 0 Å². The zero-order valence-corrected chi connectivity index (χ0v) is 67.0. The van der Waals surface area contributed by atoms with Gasteiger partial charge in [-0.25, -0.2) is 29.1 Å². The number of carbonyl (C=O) groups is 2. The third-order valence-corrected chi connectivity index (χ3v) is 11.8. The van der Waals surface area contributed by atoms with Gasteiger partial charge < -0.3 is 92.8 Å². The van der Waals surface area contributed by atoms with Gasteiger partial charge >= 0.3 is 18.3 Å². The van der Waals surface area contributed by atoms with E-state index in [-0.39, 0.29) is 230 Å². The molecule has 0 aliphatic carbocycles. The summed E-state index contributed by atoms with van der Waals surface area (Å²) in [6.07, 6.45) is 18.7. The maximum atomic E-state index is 11.1. The molecule has 0 aromatic heterocycles. The van der Waals surface area contributed by atoms with Crippen molar-refractivity contribution in [2.24, 2.45) is 0 Å². The minimum absolute atomic E-state index is 0. The number of alkyl carbamates (subject to hydrolysis) is 2. The topological polar surface area (TPSA) is 346 Å². The summed E-state index contributed by atoms with van der Waals surface area (Å²) in [6.45, 7) is 51.3. The van der Waals surface area contributed by atoms with E-state index in [1.54, 1.807) is 0 Å². The molecule has 0 bridgehead atoms. The molecule has 125 heavy (non-hydrogen) atoms. The van der Waals surface area contributed by atoms with E-state index in [0.717, 1.165) is 149 Å². The molecule has 0 heterocycles. The minimum Gasteiger partial charge on any atom is -0.450 e. The van der Waals surface area contributed by atoms with Crippen LogP contribution in [-0.2, 0) is 90.7 Å². The van der Waals surface area contributed by atoms with Crippen molar-refractivity contribution in [1.82, 2.24) is 26.6 Å². The van der Waals surface area contributed by atoms with Crippen molar-refractivity contribution in [1.29, 1.82) is 0 Å². The van der Waals surface area contributed by atoms with Gasteiger partial charge in [0.15, 0.2) is 0 Å². The summed E-state index contributed by atoms with van der Waals surface area (Å²) in [5.74, 6) is 0. The van der Waals surface area contributed by atoms with Crippen LogP contribution in [0.4, 0.5) is 9.59 Å². The third-order valence-electron chi connectivity index (χ3n) is 11.8. The van der Waals surface area contributed by atoms with E-state index in [1.165, 1.54) is 38.5 Å². The summed E-state index contributed by atoms with van der Waals surface area (Å²) in [6, 6.07) is 0. The Kier molecular flexibility index (Phi) is 435. The molecule has 29 nitrogen and oxygen atoms in total. The van der Waals surface area contributed by atoms with E-state index in [1.807, 2.05) is 76.2 Å². The first-order valence-corrected chi connectivity index (χ1v) is 38.0. The summed E-state index contributed by atoms with van der Waals surface area (Å²) in [7, 11) is 0. The quantitative estimate of drug-likeness (QED) is 0.0121. The number of rotatable bonds is 65. The van der Waals surface area contributed by atoms with Crippen molar-refractivity contribution in [2.45, 2.75) is 429 Å². The van der Waals surface area contributed by atoms with Crippen molar-refractivity contribution in [3.8, 4) is 0 Å². The van der Waals surface area contributed by atoms with E-state index in [4.69, 9.17) is 90.7 Å². The zero-order chi connectivity index (χ0) is 77.5. The number of hydrogen-bond acceptors (Lipinski definition) is 27. The molecular weight excluding hydrogens is 1610 g/mol. The van der Waals surface area contributed by atoms with Gasteiger partial charge in [-0.15, -0.1) is 0 Å².